The minimum absolute atomic E-state index is 0.0889. The molecule has 4 aromatic rings. The Morgan fingerprint density at radius 1 is 0.921 bits per heavy atom. The molecule has 0 aromatic heterocycles. The highest BCUT2D eigenvalue weighted by molar-refractivity contribution is 5.97. The number of rotatable bonds is 11. The molecule has 0 aliphatic rings. The SMILES string of the molecule is CCOc1cccc([C@@H](C)NCc2cc(-c3ccc(C)c(CCC(=O)OC(C)C)c3)c3ccccc3c2)c1. The summed E-state index contributed by atoms with van der Waals surface area (Å²) < 4.78 is 11.0. The molecule has 0 saturated carbocycles. The van der Waals surface area contributed by atoms with E-state index < -0.39 is 0 Å². The third-order valence-electron chi connectivity index (χ3n) is 6.83. The minimum atomic E-state index is -0.149. The van der Waals surface area contributed by atoms with Gasteiger partial charge >= 0.3 is 5.97 Å². The molecule has 1 atom stereocenters. The zero-order valence-electron chi connectivity index (χ0n) is 23.2. The molecule has 0 aliphatic carbocycles. The zero-order valence-corrected chi connectivity index (χ0v) is 23.2. The molecule has 4 rings (SSSR count). The summed E-state index contributed by atoms with van der Waals surface area (Å²) in [4.78, 5) is 12.2. The van der Waals surface area contributed by atoms with Crippen LogP contribution in [-0.2, 0) is 22.5 Å². The molecule has 1 N–H and O–H groups in total. The van der Waals surface area contributed by atoms with Crippen LogP contribution in [0.25, 0.3) is 21.9 Å². The first-order chi connectivity index (χ1) is 18.3. The molecule has 0 fully saturated rings. The summed E-state index contributed by atoms with van der Waals surface area (Å²) >= 11 is 0. The second-order valence-corrected chi connectivity index (χ2v) is 10.2. The van der Waals surface area contributed by atoms with Crippen LogP contribution in [0.4, 0.5) is 0 Å². The second kappa shape index (κ2) is 12.7. The van der Waals surface area contributed by atoms with Crippen LogP contribution in [0, 0.1) is 6.92 Å². The second-order valence-electron chi connectivity index (χ2n) is 10.2. The van der Waals surface area contributed by atoms with Crippen molar-refractivity contribution < 1.29 is 14.3 Å². The lowest BCUT2D eigenvalue weighted by atomic mass is 9.92. The Morgan fingerprint density at radius 3 is 2.53 bits per heavy atom. The molecular weight excluding hydrogens is 470 g/mol. The van der Waals surface area contributed by atoms with Gasteiger partial charge in [0.2, 0.25) is 0 Å². The van der Waals surface area contributed by atoms with Gasteiger partial charge in [-0.15, -0.1) is 0 Å². The molecule has 0 unspecified atom stereocenters. The Hall–Kier alpha value is -3.63. The van der Waals surface area contributed by atoms with Gasteiger partial charge in [-0.05, 0) is 109 Å². The monoisotopic (exact) mass is 509 g/mol. The Labute approximate surface area is 227 Å². The number of esters is 1. The molecule has 38 heavy (non-hydrogen) atoms. The summed E-state index contributed by atoms with van der Waals surface area (Å²) in [5.74, 6) is 0.753. The van der Waals surface area contributed by atoms with Crippen molar-refractivity contribution in [1.29, 1.82) is 0 Å². The molecular formula is C34H39NO3. The zero-order chi connectivity index (χ0) is 27.1. The van der Waals surface area contributed by atoms with Gasteiger partial charge in [0.1, 0.15) is 5.75 Å². The topological polar surface area (TPSA) is 47.6 Å². The van der Waals surface area contributed by atoms with Crippen molar-refractivity contribution in [3.8, 4) is 16.9 Å². The molecule has 0 aliphatic heterocycles. The van der Waals surface area contributed by atoms with Crippen LogP contribution < -0.4 is 10.1 Å². The fraction of sp³-hybridized carbons (Fsp3) is 0.324. The molecule has 4 nitrogen and oxygen atoms in total. The molecule has 198 valence electrons. The van der Waals surface area contributed by atoms with E-state index in [4.69, 9.17) is 9.47 Å². The van der Waals surface area contributed by atoms with Gasteiger partial charge < -0.3 is 14.8 Å². The Morgan fingerprint density at radius 2 is 1.74 bits per heavy atom. The largest absolute Gasteiger partial charge is 0.494 e. The molecule has 4 heteroatoms. The van der Waals surface area contributed by atoms with E-state index in [1.165, 1.54) is 44.2 Å². The molecule has 0 saturated heterocycles. The lowest BCUT2D eigenvalue weighted by Crippen LogP contribution is -2.18. The van der Waals surface area contributed by atoms with E-state index in [1.807, 2.05) is 32.9 Å². The number of benzene rings is 4. The van der Waals surface area contributed by atoms with Crippen molar-refractivity contribution in [2.24, 2.45) is 0 Å². The summed E-state index contributed by atoms with van der Waals surface area (Å²) in [6.45, 7) is 11.5. The van der Waals surface area contributed by atoms with Crippen LogP contribution in [0.1, 0.15) is 62.4 Å². The van der Waals surface area contributed by atoms with E-state index in [2.05, 4.69) is 85.9 Å². The number of aryl methyl sites for hydroxylation is 2. The number of ether oxygens (including phenoxy) is 2. The highest BCUT2D eigenvalue weighted by atomic mass is 16.5. The lowest BCUT2D eigenvalue weighted by Gasteiger charge is -2.17. The smallest absolute Gasteiger partial charge is 0.306 e. The van der Waals surface area contributed by atoms with Crippen molar-refractivity contribution >= 4 is 16.7 Å². The van der Waals surface area contributed by atoms with Crippen LogP contribution in [0.15, 0.2) is 78.9 Å². The number of carbonyl (C=O) groups excluding carboxylic acids is 1. The molecule has 4 aromatic carbocycles. The fourth-order valence-electron chi connectivity index (χ4n) is 4.81. The van der Waals surface area contributed by atoms with Gasteiger partial charge in [0.05, 0.1) is 12.7 Å². The van der Waals surface area contributed by atoms with Crippen LogP contribution in [0.5, 0.6) is 5.75 Å². The first-order valence-corrected chi connectivity index (χ1v) is 13.6. The average molecular weight is 510 g/mol. The van der Waals surface area contributed by atoms with Crippen molar-refractivity contribution in [3.05, 3.63) is 101 Å². The van der Waals surface area contributed by atoms with Gasteiger partial charge in [-0.1, -0.05) is 54.6 Å². The van der Waals surface area contributed by atoms with Crippen LogP contribution >= 0.6 is 0 Å². The highest BCUT2D eigenvalue weighted by Gasteiger charge is 2.12. The Bertz CT molecular complexity index is 1390. The Kier molecular flexibility index (Phi) is 9.19. The number of nitrogens with one attached hydrogen (secondary N) is 1. The summed E-state index contributed by atoms with van der Waals surface area (Å²) in [6, 6.07) is 28.2. The predicted octanol–water partition coefficient (Wildman–Crippen LogP) is 7.95. The third-order valence-corrected chi connectivity index (χ3v) is 6.83. The van der Waals surface area contributed by atoms with Crippen molar-refractivity contribution in [1.82, 2.24) is 5.32 Å². The van der Waals surface area contributed by atoms with E-state index >= 15 is 0 Å². The number of hydrogen-bond donors (Lipinski definition) is 1. The molecule has 0 heterocycles. The van der Waals surface area contributed by atoms with E-state index in [0.29, 0.717) is 19.4 Å². The van der Waals surface area contributed by atoms with E-state index in [9.17, 15) is 4.79 Å². The normalized spacial score (nSPS) is 12.1. The summed E-state index contributed by atoms with van der Waals surface area (Å²) in [7, 11) is 0. The van der Waals surface area contributed by atoms with Gasteiger partial charge in [0, 0.05) is 19.0 Å². The first-order valence-electron chi connectivity index (χ1n) is 13.6. The standard InChI is InChI=1S/C34H39NO3/c1-6-37-31-12-9-11-28(21-31)25(5)35-22-26-18-29-10-7-8-13-32(29)33(19-26)30-15-14-24(4)27(20-30)16-17-34(36)38-23(2)3/h7-15,18-21,23,25,35H,6,16-17,22H2,1-5H3/t25-/m1/s1. The van der Waals surface area contributed by atoms with E-state index in [-0.39, 0.29) is 18.1 Å². The maximum absolute atomic E-state index is 12.2. The third kappa shape index (κ3) is 7.02. The van der Waals surface area contributed by atoms with Crippen LogP contribution in [0.2, 0.25) is 0 Å². The number of hydrogen-bond acceptors (Lipinski definition) is 4. The summed E-state index contributed by atoms with van der Waals surface area (Å²) in [5, 5.41) is 6.13. The van der Waals surface area contributed by atoms with Crippen molar-refractivity contribution in [2.75, 3.05) is 6.61 Å². The summed E-state index contributed by atoms with van der Waals surface area (Å²) in [6.07, 6.45) is 0.965. The first kappa shape index (κ1) is 27.4. The van der Waals surface area contributed by atoms with Gasteiger partial charge in [-0.2, -0.15) is 0 Å². The molecule has 0 bridgehead atoms. The predicted molar refractivity (Wildman–Crippen MR) is 157 cm³/mol. The molecule has 0 spiro atoms. The van der Waals surface area contributed by atoms with E-state index in [0.717, 1.165) is 12.3 Å². The minimum Gasteiger partial charge on any atom is -0.494 e. The molecule has 0 amide bonds. The number of fused-ring (bicyclic) bond motifs is 1. The summed E-state index contributed by atoms with van der Waals surface area (Å²) in [5.41, 5.74) is 7.18. The Balaban J connectivity index is 1.58. The van der Waals surface area contributed by atoms with Gasteiger partial charge in [-0.3, -0.25) is 4.79 Å². The van der Waals surface area contributed by atoms with Crippen molar-refractivity contribution in [2.45, 2.75) is 66.2 Å². The van der Waals surface area contributed by atoms with Crippen molar-refractivity contribution in [3.63, 3.8) is 0 Å². The van der Waals surface area contributed by atoms with Crippen LogP contribution in [0.3, 0.4) is 0 Å². The lowest BCUT2D eigenvalue weighted by molar-refractivity contribution is -0.147. The van der Waals surface area contributed by atoms with Gasteiger partial charge in [0.25, 0.3) is 0 Å². The fourth-order valence-corrected chi connectivity index (χ4v) is 4.81. The van der Waals surface area contributed by atoms with Gasteiger partial charge in [0.15, 0.2) is 0 Å². The number of carbonyl (C=O) groups is 1. The van der Waals surface area contributed by atoms with Gasteiger partial charge in [-0.25, -0.2) is 0 Å². The highest BCUT2D eigenvalue weighted by Crippen LogP contribution is 2.32. The quantitative estimate of drug-likeness (QED) is 0.208. The maximum atomic E-state index is 12.2. The van der Waals surface area contributed by atoms with E-state index in [1.54, 1.807) is 0 Å². The molecule has 0 radical (unpaired) electrons. The maximum Gasteiger partial charge on any atom is 0.306 e. The van der Waals surface area contributed by atoms with Crippen LogP contribution in [-0.4, -0.2) is 18.7 Å². The average Bonchev–Trinajstić information content (AvgIpc) is 2.91.